The normalized spacial score (nSPS) is 15.7. The fourth-order valence-corrected chi connectivity index (χ4v) is 3.72. The second-order valence-corrected chi connectivity index (χ2v) is 6.56. The van der Waals surface area contributed by atoms with E-state index in [1.54, 1.807) is 6.33 Å². The van der Waals surface area contributed by atoms with Crippen molar-refractivity contribution in [2.24, 2.45) is 7.05 Å². The molecule has 0 fully saturated rings. The van der Waals surface area contributed by atoms with Gasteiger partial charge in [0, 0.05) is 24.5 Å². The number of nitrogens with zero attached hydrogens (tertiary/aromatic N) is 3. The molecule has 1 aliphatic carbocycles. The Hall–Kier alpha value is -2.62. The molecule has 122 valence electrons. The van der Waals surface area contributed by atoms with Gasteiger partial charge in [-0.2, -0.15) is 5.10 Å². The van der Waals surface area contributed by atoms with E-state index in [1.165, 1.54) is 39.9 Å². The zero-order chi connectivity index (χ0) is 16.7. The van der Waals surface area contributed by atoms with Crippen LogP contribution in [0.2, 0.25) is 0 Å². The Kier molecular flexibility index (Phi) is 3.60. The van der Waals surface area contributed by atoms with E-state index in [9.17, 15) is 0 Å². The molecule has 24 heavy (non-hydrogen) atoms. The van der Waals surface area contributed by atoms with Gasteiger partial charge in [0.25, 0.3) is 0 Å². The zero-order valence-electron chi connectivity index (χ0n) is 14.4. The number of aromatic nitrogens is 4. The minimum atomic E-state index is 0.997. The van der Waals surface area contributed by atoms with E-state index in [2.05, 4.69) is 53.2 Å². The molecular formula is C20H22N4. The second-order valence-electron chi connectivity index (χ2n) is 6.56. The number of aromatic amines is 1. The quantitative estimate of drug-likeness (QED) is 0.765. The number of aryl methyl sites for hydroxylation is 3. The summed E-state index contributed by atoms with van der Waals surface area (Å²) in [5.41, 5.74) is 9.98. The van der Waals surface area contributed by atoms with Crippen LogP contribution < -0.4 is 0 Å². The van der Waals surface area contributed by atoms with Crippen molar-refractivity contribution in [1.82, 2.24) is 19.7 Å². The van der Waals surface area contributed by atoms with Crippen LogP contribution in [0.15, 0.2) is 30.7 Å². The molecule has 1 N–H and O–H groups in total. The Morgan fingerprint density at radius 2 is 2.08 bits per heavy atom. The molecule has 0 radical (unpaired) electrons. The standard InChI is InChI=1S/C20H22N4/c1-13-20(14(2)24(3)23-13)17-8-7-15-5-4-6-16(19(15)10-17)9-18-11-21-12-22-18/h7-12H,4-6H2,1-3H3,(H,21,22)/b16-9+. The summed E-state index contributed by atoms with van der Waals surface area (Å²) in [6.45, 7) is 4.22. The van der Waals surface area contributed by atoms with Crippen molar-refractivity contribution in [3.8, 4) is 11.1 Å². The number of H-pyrrole nitrogens is 1. The molecule has 4 nitrogen and oxygen atoms in total. The van der Waals surface area contributed by atoms with Gasteiger partial charge < -0.3 is 4.98 Å². The van der Waals surface area contributed by atoms with E-state index in [4.69, 9.17) is 0 Å². The molecular weight excluding hydrogens is 296 g/mol. The van der Waals surface area contributed by atoms with E-state index in [0.29, 0.717) is 0 Å². The van der Waals surface area contributed by atoms with Crippen LogP contribution in [0.5, 0.6) is 0 Å². The first kappa shape index (κ1) is 14.9. The van der Waals surface area contributed by atoms with Gasteiger partial charge in [0.05, 0.1) is 17.7 Å². The van der Waals surface area contributed by atoms with Crippen LogP contribution in [-0.4, -0.2) is 19.7 Å². The molecule has 3 aromatic rings. The van der Waals surface area contributed by atoms with Crippen LogP contribution in [0.25, 0.3) is 22.8 Å². The Morgan fingerprint density at radius 3 is 2.79 bits per heavy atom. The Bertz CT molecular complexity index is 914. The highest BCUT2D eigenvalue weighted by atomic mass is 15.3. The lowest BCUT2D eigenvalue weighted by Gasteiger charge is -2.20. The van der Waals surface area contributed by atoms with Gasteiger partial charge in [-0.15, -0.1) is 0 Å². The first-order valence-electron chi connectivity index (χ1n) is 8.46. The van der Waals surface area contributed by atoms with Gasteiger partial charge >= 0.3 is 0 Å². The molecule has 0 saturated heterocycles. The number of nitrogens with one attached hydrogen (secondary N) is 1. The maximum atomic E-state index is 4.57. The number of hydrogen-bond donors (Lipinski definition) is 1. The number of imidazole rings is 1. The van der Waals surface area contributed by atoms with Gasteiger partial charge in [-0.25, -0.2) is 4.98 Å². The van der Waals surface area contributed by atoms with Crippen molar-refractivity contribution in [2.45, 2.75) is 33.1 Å². The molecule has 0 spiro atoms. The van der Waals surface area contributed by atoms with Crippen LogP contribution >= 0.6 is 0 Å². The van der Waals surface area contributed by atoms with Gasteiger partial charge in [-0.1, -0.05) is 12.1 Å². The van der Waals surface area contributed by atoms with Gasteiger partial charge in [0.1, 0.15) is 0 Å². The molecule has 0 unspecified atom stereocenters. The summed E-state index contributed by atoms with van der Waals surface area (Å²) in [6, 6.07) is 6.87. The second kappa shape index (κ2) is 5.78. The maximum absolute atomic E-state index is 4.57. The maximum Gasteiger partial charge on any atom is 0.0927 e. The third kappa shape index (κ3) is 2.48. The smallest absolute Gasteiger partial charge is 0.0927 e. The SMILES string of the molecule is Cc1nn(C)c(C)c1-c1ccc2c(c1)/C(=C/c1c[nH]cn1)CCC2. The zero-order valence-corrected chi connectivity index (χ0v) is 14.4. The van der Waals surface area contributed by atoms with E-state index in [1.807, 2.05) is 17.9 Å². The van der Waals surface area contributed by atoms with Gasteiger partial charge in [-0.3, -0.25) is 4.68 Å². The number of hydrogen-bond acceptors (Lipinski definition) is 2. The number of fused-ring (bicyclic) bond motifs is 1. The summed E-state index contributed by atoms with van der Waals surface area (Å²) in [7, 11) is 2.01. The average Bonchev–Trinajstić information content (AvgIpc) is 3.16. The third-order valence-corrected chi connectivity index (χ3v) is 4.99. The molecule has 2 heterocycles. The van der Waals surface area contributed by atoms with E-state index in [-0.39, 0.29) is 0 Å². The molecule has 0 amide bonds. The lowest BCUT2D eigenvalue weighted by Crippen LogP contribution is -2.02. The fraction of sp³-hybridized carbons (Fsp3) is 0.300. The molecule has 1 aromatic carbocycles. The Balaban J connectivity index is 1.84. The number of benzene rings is 1. The van der Waals surface area contributed by atoms with Crippen LogP contribution in [0, 0.1) is 13.8 Å². The average molecular weight is 318 g/mol. The van der Waals surface area contributed by atoms with Crippen LogP contribution in [0.4, 0.5) is 0 Å². The van der Waals surface area contributed by atoms with Crippen molar-refractivity contribution in [3.05, 3.63) is 58.9 Å². The third-order valence-electron chi connectivity index (χ3n) is 4.99. The number of allylic oxidation sites excluding steroid dienone is 1. The Labute approximate surface area is 142 Å². The lowest BCUT2D eigenvalue weighted by atomic mass is 9.84. The summed E-state index contributed by atoms with van der Waals surface area (Å²) < 4.78 is 1.96. The highest BCUT2D eigenvalue weighted by Gasteiger charge is 2.18. The first-order chi connectivity index (χ1) is 11.6. The van der Waals surface area contributed by atoms with Gasteiger partial charge in [-0.05, 0) is 67.5 Å². The highest BCUT2D eigenvalue weighted by molar-refractivity contribution is 5.85. The molecule has 0 bridgehead atoms. The first-order valence-corrected chi connectivity index (χ1v) is 8.46. The minimum absolute atomic E-state index is 0.997. The van der Waals surface area contributed by atoms with E-state index in [0.717, 1.165) is 24.2 Å². The fourth-order valence-electron chi connectivity index (χ4n) is 3.72. The molecule has 4 rings (SSSR count). The van der Waals surface area contributed by atoms with E-state index >= 15 is 0 Å². The predicted molar refractivity (Wildman–Crippen MR) is 97.5 cm³/mol. The molecule has 0 aliphatic heterocycles. The number of rotatable bonds is 2. The van der Waals surface area contributed by atoms with E-state index < -0.39 is 0 Å². The van der Waals surface area contributed by atoms with Crippen LogP contribution in [0.3, 0.4) is 0 Å². The van der Waals surface area contributed by atoms with Gasteiger partial charge in [0.2, 0.25) is 0 Å². The largest absolute Gasteiger partial charge is 0.351 e. The molecule has 4 heteroatoms. The molecule has 0 atom stereocenters. The lowest BCUT2D eigenvalue weighted by molar-refractivity contribution is 0.731. The van der Waals surface area contributed by atoms with Crippen molar-refractivity contribution >= 4 is 11.6 Å². The van der Waals surface area contributed by atoms with Crippen molar-refractivity contribution in [1.29, 1.82) is 0 Å². The van der Waals surface area contributed by atoms with Crippen molar-refractivity contribution in [2.75, 3.05) is 0 Å². The van der Waals surface area contributed by atoms with Crippen molar-refractivity contribution < 1.29 is 0 Å². The molecule has 0 saturated carbocycles. The summed E-state index contributed by atoms with van der Waals surface area (Å²) in [6.07, 6.45) is 9.34. The summed E-state index contributed by atoms with van der Waals surface area (Å²) in [5, 5.41) is 4.57. The summed E-state index contributed by atoms with van der Waals surface area (Å²) in [4.78, 5) is 7.38. The van der Waals surface area contributed by atoms with Gasteiger partial charge in [0.15, 0.2) is 0 Å². The Morgan fingerprint density at radius 1 is 1.21 bits per heavy atom. The van der Waals surface area contributed by atoms with Crippen LogP contribution in [-0.2, 0) is 13.5 Å². The predicted octanol–water partition coefficient (Wildman–Crippen LogP) is 4.30. The van der Waals surface area contributed by atoms with Crippen LogP contribution in [0.1, 0.15) is 41.1 Å². The van der Waals surface area contributed by atoms with Crippen molar-refractivity contribution in [3.63, 3.8) is 0 Å². The topological polar surface area (TPSA) is 46.5 Å². The highest BCUT2D eigenvalue weighted by Crippen LogP contribution is 2.36. The molecule has 2 aromatic heterocycles. The summed E-state index contributed by atoms with van der Waals surface area (Å²) in [5.74, 6) is 0. The molecule has 1 aliphatic rings. The monoisotopic (exact) mass is 318 g/mol. The summed E-state index contributed by atoms with van der Waals surface area (Å²) >= 11 is 0. The minimum Gasteiger partial charge on any atom is -0.351 e.